The molecule has 1 aliphatic heterocycles. The highest BCUT2D eigenvalue weighted by Gasteiger charge is 2.42. The summed E-state index contributed by atoms with van der Waals surface area (Å²) < 4.78 is 1.87. The number of rotatable bonds is 2. The van der Waals surface area contributed by atoms with Crippen molar-refractivity contribution in [3.05, 3.63) is 64.8 Å². The predicted molar refractivity (Wildman–Crippen MR) is 116 cm³/mol. The molecule has 0 fully saturated rings. The number of anilines is 1. The van der Waals surface area contributed by atoms with Crippen molar-refractivity contribution in [1.29, 1.82) is 0 Å². The fourth-order valence-corrected chi connectivity index (χ4v) is 4.24. The maximum absolute atomic E-state index is 13.4. The maximum atomic E-state index is 13.4. The average molecular weight is 410 g/mol. The number of hydrogen-bond donors (Lipinski definition) is 1. The van der Waals surface area contributed by atoms with E-state index in [4.69, 9.17) is 11.6 Å². The molecule has 0 bridgehead atoms. The summed E-state index contributed by atoms with van der Waals surface area (Å²) in [6.07, 6.45) is 0. The molecule has 1 aromatic heterocycles. The summed E-state index contributed by atoms with van der Waals surface area (Å²) in [5.41, 5.74) is 2.83. The van der Waals surface area contributed by atoms with E-state index in [1.165, 1.54) is 0 Å². The number of carbonyl (C=O) groups is 2. The molecule has 4 rings (SSSR count). The number of benzene rings is 2. The van der Waals surface area contributed by atoms with Crippen LogP contribution in [0.1, 0.15) is 38.1 Å². The molecular weight excluding hydrogens is 386 g/mol. The summed E-state index contributed by atoms with van der Waals surface area (Å²) in [7, 11) is 0. The second-order valence-electron chi connectivity index (χ2n) is 8.54. The highest BCUT2D eigenvalue weighted by molar-refractivity contribution is 6.37. The van der Waals surface area contributed by atoms with Gasteiger partial charge in [0.2, 0.25) is 11.8 Å². The minimum Gasteiger partial charge on any atom is -0.349 e. The third-order valence-corrected chi connectivity index (χ3v) is 5.48. The number of carbonyl (C=O) groups excluding carboxylic acids is 2. The zero-order valence-electron chi connectivity index (χ0n) is 17.0. The molecule has 3 aromatic rings. The minimum absolute atomic E-state index is 0.135. The summed E-state index contributed by atoms with van der Waals surface area (Å²) in [5.74, 6) is -0.398. The highest BCUT2D eigenvalue weighted by Crippen LogP contribution is 2.41. The van der Waals surface area contributed by atoms with Crippen LogP contribution in [0.25, 0.3) is 10.9 Å². The molecule has 2 aromatic carbocycles. The number of fused-ring (bicyclic) bond motifs is 3. The number of hydrogen-bond acceptors (Lipinski definition) is 2. The third-order valence-electron chi connectivity index (χ3n) is 5.08. The Morgan fingerprint density at radius 2 is 1.76 bits per heavy atom. The number of nitrogens with one attached hydrogen (secondary N) is 1. The zero-order valence-corrected chi connectivity index (χ0v) is 17.7. The summed E-state index contributed by atoms with van der Waals surface area (Å²) in [6, 6.07) is 14.4. The van der Waals surface area contributed by atoms with Crippen LogP contribution in [0.2, 0.25) is 5.02 Å². The van der Waals surface area contributed by atoms with Crippen LogP contribution in [0.3, 0.4) is 0 Å². The lowest BCUT2D eigenvalue weighted by Crippen LogP contribution is -2.53. The Kier molecular flexibility index (Phi) is 4.66. The lowest BCUT2D eigenvalue weighted by Gasteiger charge is -2.37. The summed E-state index contributed by atoms with van der Waals surface area (Å²) in [5, 5.41) is 4.39. The standard InChI is InChI=1S/C23H24ClN3O2/c1-14-9-11-15(12-10-14)27-18(28)13-26-17-8-6-5-7-16(17)19(24)20(26)21(27)22(29)25-23(2,3)4/h5-12,21H,13H2,1-4H3,(H,25,29). The van der Waals surface area contributed by atoms with Gasteiger partial charge in [-0.3, -0.25) is 14.5 Å². The van der Waals surface area contributed by atoms with Crippen LogP contribution < -0.4 is 10.2 Å². The van der Waals surface area contributed by atoms with Gasteiger partial charge in [-0.1, -0.05) is 47.5 Å². The molecule has 0 aliphatic carbocycles. The van der Waals surface area contributed by atoms with Gasteiger partial charge in [-0.05, 0) is 45.9 Å². The highest BCUT2D eigenvalue weighted by atomic mass is 35.5. The molecule has 0 saturated heterocycles. The van der Waals surface area contributed by atoms with Crippen molar-refractivity contribution in [1.82, 2.24) is 9.88 Å². The molecule has 150 valence electrons. The quantitative estimate of drug-likeness (QED) is 0.672. The molecule has 1 unspecified atom stereocenters. The van der Waals surface area contributed by atoms with Crippen molar-refractivity contribution in [3.8, 4) is 0 Å². The van der Waals surface area contributed by atoms with Gasteiger partial charge in [0.25, 0.3) is 0 Å². The van der Waals surface area contributed by atoms with Crippen LogP contribution in [0.4, 0.5) is 5.69 Å². The minimum atomic E-state index is -0.849. The van der Waals surface area contributed by atoms with Crippen LogP contribution in [0, 0.1) is 6.92 Å². The van der Waals surface area contributed by atoms with Gasteiger partial charge in [0.1, 0.15) is 6.54 Å². The Labute approximate surface area is 175 Å². The Morgan fingerprint density at radius 1 is 1.10 bits per heavy atom. The van der Waals surface area contributed by atoms with E-state index >= 15 is 0 Å². The second-order valence-corrected chi connectivity index (χ2v) is 8.92. The number of halogens is 1. The lowest BCUT2D eigenvalue weighted by molar-refractivity contribution is -0.129. The first-order chi connectivity index (χ1) is 13.7. The van der Waals surface area contributed by atoms with Gasteiger partial charge in [0.15, 0.2) is 6.04 Å². The van der Waals surface area contributed by atoms with Crippen LogP contribution in [-0.4, -0.2) is 21.9 Å². The van der Waals surface area contributed by atoms with Crippen LogP contribution in [0.15, 0.2) is 48.5 Å². The van der Waals surface area contributed by atoms with Gasteiger partial charge in [-0.25, -0.2) is 0 Å². The number of para-hydroxylation sites is 1. The molecule has 5 nitrogen and oxygen atoms in total. The number of aromatic nitrogens is 1. The Hall–Kier alpha value is -2.79. The smallest absolute Gasteiger partial charge is 0.249 e. The Balaban J connectivity index is 1.94. The van der Waals surface area contributed by atoms with E-state index in [0.717, 1.165) is 16.5 Å². The largest absolute Gasteiger partial charge is 0.349 e. The van der Waals surface area contributed by atoms with Crippen LogP contribution in [-0.2, 0) is 16.1 Å². The van der Waals surface area contributed by atoms with E-state index in [9.17, 15) is 9.59 Å². The van der Waals surface area contributed by atoms with E-state index in [0.29, 0.717) is 16.4 Å². The topological polar surface area (TPSA) is 54.3 Å². The summed E-state index contributed by atoms with van der Waals surface area (Å²) >= 11 is 6.77. The Bertz CT molecular complexity index is 1110. The van der Waals surface area contributed by atoms with Crippen molar-refractivity contribution in [3.63, 3.8) is 0 Å². The van der Waals surface area contributed by atoms with Gasteiger partial charge >= 0.3 is 0 Å². The number of amides is 2. The van der Waals surface area contributed by atoms with Gasteiger partial charge in [0.05, 0.1) is 16.2 Å². The fraction of sp³-hybridized carbons (Fsp3) is 0.304. The van der Waals surface area contributed by atoms with Crippen molar-refractivity contribution in [2.45, 2.75) is 45.8 Å². The molecule has 1 N–H and O–H groups in total. The van der Waals surface area contributed by atoms with Crippen LogP contribution >= 0.6 is 11.6 Å². The van der Waals surface area contributed by atoms with E-state index in [1.54, 1.807) is 4.90 Å². The number of aryl methyl sites for hydroxylation is 1. The van der Waals surface area contributed by atoms with Gasteiger partial charge in [-0.15, -0.1) is 0 Å². The Morgan fingerprint density at radius 3 is 2.41 bits per heavy atom. The SMILES string of the molecule is Cc1ccc(N2C(=O)Cn3c(c(Cl)c4ccccc43)C2C(=O)NC(C)(C)C)cc1. The molecule has 0 spiro atoms. The normalized spacial score (nSPS) is 16.8. The first-order valence-electron chi connectivity index (χ1n) is 9.65. The molecular formula is C23H24ClN3O2. The van der Waals surface area contributed by atoms with Crippen molar-refractivity contribution >= 4 is 40.0 Å². The molecule has 2 amide bonds. The molecule has 1 atom stereocenters. The van der Waals surface area contributed by atoms with Crippen molar-refractivity contribution in [2.75, 3.05) is 4.90 Å². The van der Waals surface area contributed by atoms with Gasteiger partial charge < -0.3 is 9.88 Å². The first-order valence-corrected chi connectivity index (χ1v) is 10.0. The van der Waals surface area contributed by atoms with E-state index in [2.05, 4.69) is 5.32 Å². The molecule has 0 radical (unpaired) electrons. The van der Waals surface area contributed by atoms with Gasteiger partial charge in [0, 0.05) is 16.6 Å². The predicted octanol–water partition coefficient (Wildman–Crippen LogP) is 4.61. The lowest BCUT2D eigenvalue weighted by atomic mass is 10.0. The van der Waals surface area contributed by atoms with Crippen molar-refractivity contribution in [2.24, 2.45) is 0 Å². The van der Waals surface area contributed by atoms with Crippen LogP contribution in [0.5, 0.6) is 0 Å². The molecule has 2 heterocycles. The molecule has 0 saturated carbocycles. The summed E-state index contributed by atoms with van der Waals surface area (Å²) in [6.45, 7) is 7.88. The van der Waals surface area contributed by atoms with E-state index in [1.807, 2.05) is 80.8 Å². The number of nitrogens with zero attached hydrogens (tertiary/aromatic N) is 2. The monoisotopic (exact) mass is 409 g/mol. The maximum Gasteiger partial charge on any atom is 0.249 e. The first kappa shape index (κ1) is 19.5. The molecule has 6 heteroatoms. The third kappa shape index (κ3) is 3.40. The van der Waals surface area contributed by atoms with Gasteiger partial charge in [-0.2, -0.15) is 0 Å². The fourth-order valence-electron chi connectivity index (χ4n) is 3.87. The molecule has 1 aliphatic rings. The van der Waals surface area contributed by atoms with E-state index < -0.39 is 11.6 Å². The van der Waals surface area contributed by atoms with E-state index in [-0.39, 0.29) is 18.4 Å². The zero-order chi connectivity index (χ0) is 20.9. The second kappa shape index (κ2) is 6.92. The molecule has 29 heavy (non-hydrogen) atoms. The summed E-state index contributed by atoms with van der Waals surface area (Å²) in [4.78, 5) is 28.3. The van der Waals surface area contributed by atoms with Crippen molar-refractivity contribution < 1.29 is 9.59 Å². The average Bonchev–Trinajstić information content (AvgIpc) is 2.93.